The maximum absolute atomic E-state index is 12.7. The summed E-state index contributed by atoms with van der Waals surface area (Å²) in [5.41, 5.74) is 2.77. The summed E-state index contributed by atoms with van der Waals surface area (Å²) in [7, 11) is -3.23. The quantitative estimate of drug-likeness (QED) is 0.712. The van der Waals surface area contributed by atoms with Gasteiger partial charge in [0.1, 0.15) is 0 Å². The number of carbonyl (C=O) groups excluding carboxylic acids is 1. The monoisotopic (exact) mass is 428 g/mol. The van der Waals surface area contributed by atoms with Gasteiger partial charge in [-0.25, -0.2) is 8.42 Å². The third-order valence-corrected chi connectivity index (χ3v) is 6.87. The molecule has 1 atom stereocenters. The minimum atomic E-state index is -3.23. The van der Waals surface area contributed by atoms with E-state index in [9.17, 15) is 13.2 Å². The van der Waals surface area contributed by atoms with Gasteiger partial charge in [-0.1, -0.05) is 44.0 Å². The summed E-state index contributed by atoms with van der Waals surface area (Å²) in [5.74, 6) is -0.115. The topological polar surface area (TPSA) is 66.5 Å². The first-order chi connectivity index (χ1) is 14.4. The van der Waals surface area contributed by atoms with E-state index in [1.807, 2.05) is 31.2 Å². The minimum Gasteiger partial charge on any atom is -0.345 e. The van der Waals surface area contributed by atoms with Gasteiger partial charge < -0.3 is 5.32 Å². The number of likely N-dealkylation sites (tertiary alicyclic amines) is 1. The van der Waals surface area contributed by atoms with Crippen LogP contribution in [0.5, 0.6) is 0 Å². The second-order valence-electron chi connectivity index (χ2n) is 8.16. The Labute approximate surface area is 180 Å². The highest BCUT2D eigenvalue weighted by atomic mass is 32.2. The lowest BCUT2D eigenvalue weighted by Gasteiger charge is -2.20. The van der Waals surface area contributed by atoms with Crippen molar-refractivity contribution in [3.63, 3.8) is 0 Å². The average Bonchev–Trinajstić information content (AvgIpc) is 3.00. The van der Waals surface area contributed by atoms with Gasteiger partial charge in [0.2, 0.25) is 0 Å². The Hall–Kier alpha value is -2.18. The fraction of sp³-hybridized carbons (Fsp3) is 0.458. The van der Waals surface area contributed by atoms with Gasteiger partial charge >= 0.3 is 0 Å². The number of benzene rings is 2. The number of carbonyl (C=O) groups is 1. The van der Waals surface area contributed by atoms with Crippen LogP contribution in [-0.4, -0.2) is 38.6 Å². The Balaban J connectivity index is 1.62. The van der Waals surface area contributed by atoms with Gasteiger partial charge in [0.25, 0.3) is 5.91 Å². The van der Waals surface area contributed by atoms with Crippen molar-refractivity contribution in [3.8, 4) is 0 Å². The molecule has 0 spiro atoms. The van der Waals surface area contributed by atoms with Gasteiger partial charge in [0.05, 0.1) is 10.9 Å². The third kappa shape index (κ3) is 6.16. The summed E-state index contributed by atoms with van der Waals surface area (Å²) in [5, 5.41) is 3.07. The molecule has 3 rings (SSSR count). The van der Waals surface area contributed by atoms with Crippen molar-refractivity contribution >= 4 is 15.7 Å². The van der Waals surface area contributed by atoms with Crippen LogP contribution in [0.25, 0.3) is 0 Å². The van der Waals surface area contributed by atoms with Crippen LogP contribution < -0.4 is 5.32 Å². The first-order valence-corrected chi connectivity index (χ1v) is 12.7. The zero-order valence-electron chi connectivity index (χ0n) is 17.9. The second-order valence-corrected chi connectivity index (χ2v) is 10.2. The summed E-state index contributed by atoms with van der Waals surface area (Å²) in [6, 6.07) is 14.4. The van der Waals surface area contributed by atoms with Crippen molar-refractivity contribution in [1.82, 2.24) is 10.2 Å². The maximum atomic E-state index is 12.7. The molecule has 1 aliphatic rings. The van der Waals surface area contributed by atoms with E-state index in [0.717, 1.165) is 31.6 Å². The van der Waals surface area contributed by atoms with Gasteiger partial charge in [-0.05, 0) is 67.7 Å². The molecule has 162 valence electrons. The Kier molecular flexibility index (Phi) is 7.67. The van der Waals surface area contributed by atoms with Crippen molar-refractivity contribution < 1.29 is 13.2 Å². The van der Waals surface area contributed by atoms with Crippen molar-refractivity contribution in [3.05, 3.63) is 65.2 Å². The van der Waals surface area contributed by atoms with Crippen LogP contribution in [0.4, 0.5) is 0 Å². The van der Waals surface area contributed by atoms with Gasteiger partial charge in [-0.2, -0.15) is 0 Å². The largest absolute Gasteiger partial charge is 0.345 e. The average molecular weight is 429 g/mol. The molecule has 30 heavy (non-hydrogen) atoms. The Bertz CT molecular complexity index is 929. The summed E-state index contributed by atoms with van der Waals surface area (Å²) in [6.07, 6.45) is 7.10. The summed E-state index contributed by atoms with van der Waals surface area (Å²) in [4.78, 5) is 15.5. The lowest BCUT2D eigenvalue weighted by atomic mass is 10.0. The first kappa shape index (κ1) is 22.5. The third-order valence-electron chi connectivity index (χ3n) is 5.75. The normalized spacial score (nSPS) is 16.6. The molecule has 1 heterocycles. The van der Waals surface area contributed by atoms with E-state index in [0.29, 0.717) is 5.56 Å². The van der Waals surface area contributed by atoms with Crippen molar-refractivity contribution in [2.24, 2.45) is 0 Å². The standard InChI is InChI=1S/C24H32N2O3S/c1-3-23(20-12-14-22(15-13-20)30(2,28)29)25-24(27)21-10-8-19(9-11-21)18-26-16-6-4-5-7-17-26/h8-15,23H,3-7,16-18H2,1-2H3,(H,25,27)/t23-/m0/s1. The highest BCUT2D eigenvalue weighted by Crippen LogP contribution is 2.20. The van der Waals surface area contributed by atoms with E-state index in [1.165, 1.54) is 37.5 Å². The van der Waals surface area contributed by atoms with E-state index in [2.05, 4.69) is 10.2 Å². The first-order valence-electron chi connectivity index (χ1n) is 10.8. The van der Waals surface area contributed by atoms with Crippen LogP contribution in [0.15, 0.2) is 53.4 Å². The molecule has 1 amide bonds. The fourth-order valence-electron chi connectivity index (χ4n) is 3.92. The number of amides is 1. The predicted octanol–water partition coefficient (Wildman–Crippen LogP) is 4.35. The highest BCUT2D eigenvalue weighted by molar-refractivity contribution is 7.90. The molecular formula is C24H32N2O3S. The Morgan fingerprint density at radius 1 is 0.967 bits per heavy atom. The molecule has 1 fully saturated rings. The van der Waals surface area contributed by atoms with Crippen LogP contribution in [-0.2, 0) is 16.4 Å². The summed E-state index contributed by atoms with van der Waals surface area (Å²) < 4.78 is 23.3. The van der Waals surface area contributed by atoms with Crippen molar-refractivity contribution in [2.75, 3.05) is 19.3 Å². The molecule has 0 aliphatic carbocycles. The number of nitrogens with zero attached hydrogens (tertiary/aromatic N) is 1. The van der Waals surface area contributed by atoms with E-state index in [1.54, 1.807) is 24.3 Å². The van der Waals surface area contributed by atoms with E-state index in [4.69, 9.17) is 0 Å². The highest BCUT2D eigenvalue weighted by Gasteiger charge is 2.16. The molecule has 5 nitrogen and oxygen atoms in total. The second kappa shape index (κ2) is 10.2. The number of rotatable bonds is 7. The number of hydrogen-bond acceptors (Lipinski definition) is 4. The zero-order chi connectivity index (χ0) is 21.6. The molecule has 6 heteroatoms. The molecule has 0 bridgehead atoms. The van der Waals surface area contributed by atoms with Crippen LogP contribution >= 0.6 is 0 Å². The lowest BCUT2D eigenvalue weighted by molar-refractivity contribution is 0.0935. The SMILES string of the molecule is CC[C@H](NC(=O)c1ccc(CN2CCCCCC2)cc1)c1ccc(S(C)(=O)=O)cc1. The van der Waals surface area contributed by atoms with Gasteiger partial charge in [0.15, 0.2) is 9.84 Å². The van der Waals surface area contributed by atoms with Crippen LogP contribution in [0.3, 0.4) is 0 Å². The zero-order valence-corrected chi connectivity index (χ0v) is 18.7. The van der Waals surface area contributed by atoms with Gasteiger partial charge in [0, 0.05) is 18.4 Å². The molecule has 0 radical (unpaired) electrons. The molecule has 1 N–H and O–H groups in total. The molecular weight excluding hydrogens is 396 g/mol. The minimum absolute atomic E-state index is 0.115. The Morgan fingerprint density at radius 2 is 1.57 bits per heavy atom. The summed E-state index contributed by atoms with van der Waals surface area (Å²) in [6.45, 7) is 5.24. The fourth-order valence-corrected chi connectivity index (χ4v) is 4.55. The number of hydrogen-bond donors (Lipinski definition) is 1. The van der Waals surface area contributed by atoms with E-state index in [-0.39, 0.29) is 16.8 Å². The molecule has 1 aliphatic heterocycles. The van der Waals surface area contributed by atoms with E-state index >= 15 is 0 Å². The smallest absolute Gasteiger partial charge is 0.251 e. The van der Waals surface area contributed by atoms with Gasteiger partial charge in [-0.15, -0.1) is 0 Å². The molecule has 2 aromatic carbocycles. The number of nitrogens with one attached hydrogen (secondary N) is 1. The molecule has 0 saturated carbocycles. The van der Waals surface area contributed by atoms with Crippen LogP contribution in [0.2, 0.25) is 0 Å². The van der Waals surface area contributed by atoms with Crippen LogP contribution in [0.1, 0.15) is 66.6 Å². The van der Waals surface area contributed by atoms with E-state index < -0.39 is 9.84 Å². The van der Waals surface area contributed by atoms with Crippen molar-refractivity contribution in [1.29, 1.82) is 0 Å². The predicted molar refractivity (Wildman–Crippen MR) is 120 cm³/mol. The number of sulfone groups is 1. The Morgan fingerprint density at radius 3 is 2.10 bits per heavy atom. The molecule has 1 saturated heterocycles. The molecule has 2 aromatic rings. The molecule has 0 aromatic heterocycles. The van der Waals surface area contributed by atoms with Crippen molar-refractivity contribution in [2.45, 2.75) is 56.5 Å². The lowest BCUT2D eigenvalue weighted by Crippen LogP contribution is -2.28. The summed E-state index contributed by atoms with van der Waals surface area (Å²) >= 11 is 0. The molecule has 0 unspecified atom stereocenters. The van der Waals surface area contributed by atoms with Crippen LogP contribution in [0, 0.1) is 0 Å². The van der Waals surface area contributed by atoms with Gasteiger partial charge in [-0.3, -0.25) is 9.69 Å². The maximum Gasteiger partial charge on any atom is 0.251 e.